The second-order valence-electron chi connectivity index (χ2n) is 5.27. The molecule has 7 heteroatoms. The number of hydrogen-bond acceptors (Lipinski definition) is 6. The van der Waals surface area contributed by atoms with E-state index in [0.29, 0.717) is 10.7 Å². The maximum absolute atomic E-state index is 12.2. The molecule has 0 aliphatic carbocycles. The monoisotopic (exact) mass is 341 g/mol. The van der Waals surface area contributed by atoms with Gasteiger partial charge in [-0.15, -0.1) is 0 Å². The van der Waals surface area contributed by atoms with Crippen LogP contribution in [0.5, 0.6) is 0 Å². The van der Waals surface area contributed by atoms with Gasteiger partial charge in [0.15, 0.2) is 11.2 Å². The van der Waals surface area contributed by atoms with Crippen molar-refractivity contribution in [3.05, 3.63) is 53.9 Å². The number of aryl methyl sites for hydroxylation is 1. The summed E-state index contributed by atoms with van der Waals surface area (Å²) in [6, 6.07) is 9.09. The van der Waals surface area contributed by atoms with E-state index in [1.807, 2.05) is 25.1 Å². The number of ether oxygens (including phenoxy) is 1. The van der Waals surface area contributed by atoms with E-state index in [1.165, 1.54) is 24.5 Å². The number of nitrogens with zero attached hydrogens (tertiary/aromatic N) is 2. The van der Waals surface area contributed by atoms with Gasteiger partial charge in [-0.05, 0) is 43.7 Å². The predicted octanol–water partition coefficient (Wildman–Crippen LogP) is 3.18. The molecule has 2 heterocycles. The van der Waals surface area contributed by atoms with Crippen molar-refractivity contribution < 1.29 is 14.3 Å². The van der Waals surface area contributed by atoms with Crippen LogP contribution in [0.15, 0.2) is 42.7 Å². The second kappa shape index (κ2) is 6.76. The maximum atomic E-state index is 12.2. The van der Waals surface area contributed by atoms with Crippen LogP contribution in [0.3, 0.4) is 0 Å². The minimum absolute atomic E-state index is 0.299. The summed E-state index contributed by atoms with van der Waals surface area (Å²) in [5, 5.41) is 3.16. The molecule has 0 fully saturated rings. The fourth-order valence-corrected chi connectivity index (χ4v) is 3.02. The minimum atomic E-state index is -0.938. The average molecular weight is 341 g/mol. The van der Waals surface area contributed by atoms with E-state index >= 15 is 0 Å². The summed E-state index contributed by atoms with van der Waals surface area (Å²) in [6.07, 6.45) is 2.01. The van der Waals surface area contributed by atoms with E-state index in [0.717, 1.165) is 15.8 Å². The van der Waals surface area contributed by atoms with Crippen molar-refractivity contribution in [3.8, 4) is 0 Å². The summed E-state index contributed by atoms with van der Waals surface area (Å²) in [5.41, 5.74) is 2.25. The Kier molecular flexibility index (Phi) is 4.52. The van der Waals surface area contributed by atoms with Crippen molar-refractivity contribution in [1.82, 2.24) is 9.97 Å². The number of thiazole rings is 1. The number of amides is 1. The molecule has 1 atom stereocenters. The first kappa shape index (κ1) is 16.1. The Morgan fingerprint density at radius 1 is 1.29 bits per heavy atom. The van der Waals surface area contributed by atoms with Crippen molar-refractivity contribution in [3.63, 3.8) is 0 Å². The van der Waals surface area contributed by atoms with Crippen LogP contribution >= 0.6 is 11.3 Å². The smallest absolute Gasteiger partial charge is 0.340 e. The molecular formula is C17H15N3O3S. The number of aromatic nitrogens is 2. The quantitative estimate of drug-likeness (QED) is 0.737. The Balaban J connectivity index is 1.66. The van der Waals surface area contributed by atoms with Gasteiger partial charge in [0.25, 0.3) is 5.91 Å². The van der Waals surface area contributed by atoms with Crippen LogP contribution in [0.4, 0.5) is 5.13 Å². The SMILES string of the molecule is Cc1ccc2nc(NC(=O)C(C)OC(=O)c3cccnc3)sc2c1. The van der Waals surface area contributed by atoms with Gasteiger partial charge in [0.2, 0.25) is 0 Å². The Labute approximate surface area is 142 Å². The van der Waals surface area contributed by atoms with Crippen LogP contribution in [0.2, 0.25) is 0 Å². The van der Waals surface area contributed by atoms with E-state index in [2.05, 4.69) is 15.3 Å². The molecule has 1 amide bonds. The molecule has 1 unspecified atom stereocenters. The van der Waals surface area contributed by atoms with Crippen LogP contribution < -0.4 is 5.32 Å². The van der Waals surface area contributed by atoms with Crippen molar-refractivity contribution in [2.45, 2.75) is 20.0 Å². The average Bonchev–Trinajstić information content (AvgIpc) is 2.96. The number of fused-ring (bicyclic) bond motifs is 1. The summed E-state index contributed by atoms with van der Waals surface area (Å²) in [4.78, 5) is 32.3. The maximum Gasteiger partial charge on any atom is 0.340 e. The predicted molar refractivity (Wildman–Crippen MR) is 92.1 cm³/mol. The number of hydrogen-bond donors (Lipinski definition) is 1. The Morgan fingerprint density at radius 2 is 2.12 bits per heavy atom. The summed E-state index contributed by atoms with van der Waals surface area (Å²) in [6.45, 7) is 3.51. The second-order valence-corrected chi connectivity index (χ2v) is 6.30. The number of esters is 1. The van der Waals surface area contributed by atoms with Gasteiger partial charge in [0, 0.05) is 12.4 Å². The van der Waals surface area contributed by atoms with E-state index in [9.17, 15) is 9.59 Å². The third-order valence-electron chi connectivity index (χ3n) is 3.32. The molecule has 2 aromatic heterocycles. The van der Waals surface area contributed by atoms with E-state index in [-0.39, 0.29) is 0 Å². The van der Waals surface area contributed by atoms with Gasteiger partial charge in [-0.1, -0.05) is 17.4 Å². The van der Waals surface area contributed by atoms with Gasteiger partial charge in [-0.25, -0.2) is 9.78 Å². The molecule has 0 spiro atoms. The van der Waals surface area contributed by atoms with Gasteiger partial charge in [0.05, 0.1) is 15.8 Å². The number of pyridine rings is 1. The number of benzene rings is 1. The number of anilines is 1. The zero-order valence-corrected chi connectivity index (χ0v) is 14.0. The highest BCUT2D eigenvalue weighted by atomic mass is 32.1. The van der Waals surface area contributed by atoms with Gasteiger partial charge >= 0.3 is 5.97 Å². The zero-order chi connectivity index (χ0) is 17.1. The minimum Gasteiger partial charge on any atom is -0.449 e. The first-order chi connectivity index (χ1) is 11.5. The van der Waals surface area contributed by atoms with Crippen LogP contribution in [-0.4, -0.2) is 27.9 Å². The Bertz CT molecular complexity index is 892. The van der Waals surface area contributed by atoms with Crippen LogP contribution in [0, 0.1) is 6.92 Å². The summed E-state index contributed by atoms with van der Waals surface area (Å²) >= 11 is 1.38. The summed E-state index contributed by atoms with van der Waals surface area (Å²) < 4.78 is 6.14. The number of carbonyl (C=O) groups excluding carboxylic acids is 2. The Morgan fingerprint density at radius 3 is 2.88 bits per heavy atom. The van der Waals surface area contributed by atoms with E-state index < -0.39 is 18.0 Å². The molecule has 1 N–H and O–H groups in total. The lowest BCUT2D eigenvalue weighted by atomic mass is 10.2. The van der Waals surface area contributed by atoms with Gasteiger partial charge < -0.3 is 4.74 Å². The van der Waals surface area contributed by atoms with Crippen molar-refractivity contribution in [1.29, 1.82) is 0 Å². The van der Waals surface area contributed by atoms with Crippen LogP contribution in [0.1, 0.15) is 22.8 Å². The highest BCUT2D eigenvalue weighted by molar-refractivity contribution is 7.22. The largest absolute Gasteiger partial charge is 0.449 e. The summed E-state index contributed by atoms with van der Waals surface area (Å²) in [7, 11) is 0. The first-order valence-electron chi connectivity index (χ1n) is 7.32. The summed E-state index contributed by atoms with van der Waals surface area (Å²) in [5.74, 6) is -1.02. The normalized spacial score (nSPS) is 11.9. The fraction of sp³-hybridized carbons (Fsp3) is 0.176. The molecule has 0 bridgehead atoms. The third kappa shape index (κ3) is 3.57. The highest BCUT2D eigenvalue weighted by Crippen LogP contribution is 2.26. The number of carbonyl (C=O) groups is 2. The molecule has 0 radical (unpaired) electrons. The lowest BCUT2D eigenvalue weighted by Crippen LogP contribution is -2.29. The number of nitrogens with one attached hydrogen (secondary N) is 1. The lowest BCUT2D eigenvalue weighted by molar-refractivity contribution is -0.123. The van der Waals surface area contributed by atoms with E-state index in [4.69, 9.17) is 4.74 Å². The van der Waals surface area contributed by atoms with Gasteiger partial charge in [0.1, 0.15) is 0 Å². The topological polar surface area (TPSA) is 81.2 Å². The highest BCUT2D eigenvalue weighted by Gasteiger charge is 2.20. The first-order valence-corrected chi connectivity index (χ1v) is 8.13. The van der Waals surface area contributed by atoms with Gasteiger partial charge in [-0.2, -0.15) is 0 Å². The molecule has 3 aromatic rings. The Hall–Kier alpha value is -2.80. The van der Waals surface area contributed by atoms with Crippen molar-refractivity contribution in [2.75, 3.05) is 5.32 Å². The molecule has 122 valence electrons. The van der Waals surface area contributed by atoms with E-state index in [1.54, 1.807) is 18.3 Å². The molecule has 0 aliphatic heterocycles. The third-order valence-corrected chi connectivity index (χ3v) is 4.26. The molecule has 3 rings (SSSR count). The molecule has 24 heavy (non-hydrogen) atoms. The van der Waals surface area contributed by atoms with Crippen LogP contribution in [-0.2, 0) is 9.53 Å². The number of rotatable bonds is 4. The molecular weight excluding hydrogens is 326 g/mol. The standard InChI is InChI=1S/C17H15N3O3S/c1-10-5-6-13-14(8-10)24-17(19-13)20-15(21)11(2)23-16(22)12-4-3-7-18-9-12/h3-9,11H,1-2H3,(H,19,20,21). The van der Waals surface area contributed by atoms with Crippen molar-refractivity contribution in [2.24, 2.45) is 0 Å². The zero-order valence-electron chi connectivity index (χ0n) is 13.1. The molecule has 1 aromatic carbocycles. The molecule has 0 saturated heterocycles. The molecule has 6 nitrogen and oxygen atoms in total. The fourth-order valence-electron chi connectivity index (χ4n) is 2.06. The van der Waals surface area contributed by atoms with Crippen molar-refractivity contribution >= 4 is 38.6 Å². The molecule has 0 aliphatic rings. The molecule has 0 saturated carbocycles. The van der Waals surface area contributed by atoms with Gasteiger partial charge in [-0.3, -0.25) is 15.1 Å². The van der Waals surface area contributed by atoms with Crippen LogP contribution in [0.25, 0.3) is 10.2 Å². The lowest BCUT2D eigenvalue weighted by Gasteiger charge is -2.12.